The van der Waals surface area contributed by atoms with Crippen LogP contribution in [0.5, 0.6) is 5.75 Å². The Hall–Kier alpha value is -3.36. The molecule has 0 aliphatic heterocycles. The number of non-ortho nitro benzene ring substituents is 1. The van der Waals surface area contributed by atoms with Gasteiger partial charge in [0, 0.05) is 31.3 Å². The lowest BCUT2D eigenvalue weighted by Gasteiger charge is -2.13. The Kier molecular flexibility index (Phi) is 9.50. The van der Waals surface area contributed by atoms with Crippen LogP contribution in [0.4, 0.5) is 22.0 Å². The third-order valence-corrected chi connectivity index (χ3v) is 6.98. The average molecular weight is 599 g/mol. The highest BCUT2D eigenvalue weighted by molar-refractivity contribution is 9.10. The van der Waals surface area contributed by atoms with Gasteiger partial charge in [0.1, 0.15) is 11.6 Å². The standard InChI is InChI=1S/C21H21BrClN7O5S/c1-36(34,29-21(31)27-14-5-4-8-24-12-14)18-7-6-15(30(32)33)11-17(18)35-10-3-2-9-25-19-16(22)13-26-20(23)28-19/h4-8,11-13H,2-3,9-10H2,1H3,(H,27,31)(H,25,26,28). The number of nitro groups is 1. The minimum atomic E-state index is -3.29. The number of ether oxygens (including phenoxy) is 1. The van der Waals surface area contributed by atoms with Crippen molar-refractivity contribution in [1.29, 1.82) is 0 Å². The van der Waals surface area contributed by atoms with Crippen LogP contribution in [-0.4, -0.2) is 49.5 Å². The number of rotatable bonds is 10. The number of urea groups is 1. The van der Waals surface area contributed by atoms with Gasteiger partial charge in [-0.3, -0.25) is 15.1 Å². The first-order chi connectivity index (χ1) is 17.2. The van der Waals surface area contributed by atoms with Gasteiger partial charge in [-0.05, 0) is 58.6 Å². The van der Waals surface area contributed by atoms with Gasteiger partial charge in [0.15, 0.2) is 0 Å². The zero-order chi connectivity index (χ0) is 26.1. The molecule has 2 aromatic heterocycles. The number of anilines is 2. The molecule has 3 rings (SSSR count). The summed E-state index contributed by atoms with van der Waals surface area (Å²) in [6.07, 6.45) is 6.98. The number of nitrogens with zero attached hydrogens (tertiary/aromatic N) is 5. The van der Waals surface area contributed by atoms with Gasteiger partial charge in [-0.2, -0.15) is 4.98 Å². The molecular weight excluding hydrogens is 578 g/mol. The van der Waals surface area contributed by atoms with Gasteiger partial charge >= 0.3 is 6.03 Å². The molecule has 0 aliphatic carbocycles. The summed E-state index contributed by atoms with van der Waals surface area (Å²) in [5, 5.41) is 17.0. The van der Waals surface area contributed by atoms with E-state index in [1.54, 1.807) is 12.1 Å². The molecule has 2 amide bonds. The summed E-state index contributed by atoms with van der Waals surface area (Å²) in [5.74, 6) is 0.571. The molecule has 190 valence electrons. The normalized spacial score (nSPS) is 12.3. The van der Waals surface area contributed by atoms with E-state index >= 15 is 0 Å². The van der Waals surface area contributed by atoms with E-state index < -0.39 is 20.7 Å². The second kappa shape index (κ2) is 12.6. The van der Waals surface area contributed by atoms with Crippen molar-refractivity contribution in [3.8, 4) is 5.75 Å². The highest BCUT2D eigenvalue weighted by Gasteiger charge is 2.19. The van der Waals surface area contributed by atoms with E-state index in [0.717, 1.165) is 0 Å². The van der Waals surface area contributed by atoms with Crippen LogP contribution in [0.15, 0.2) is 62.7 Å². The molecule has 0 saturated carbocycles. The number of amides is 2. The molecule has 1 unspecified atom stereocenters. The third kappa shape index (κ3) is 7.83. The number of carbonyl (C=O) groups excluding carboxylic acids is 1. The molecule has 1 atom stereocenters. The average Bonchev–Trinajstić information content (AvgIpc) is 2.83. The Morgan fingerprint density at radius 3 is 2.83 bits per heavy atom. The fraction of sp³-hybridized carbons (Fsp3) is 0.238. The van der Waals surface area contributed by atoms with Gasteiger partial charge in [0.25, 0.3) is 5.69 Å². The minimum Gasteiger partial charge on any atom is -0.492 e. The van der Waals surface area contributed by atoms with Crippen LogP contribution >= 0.6 is 27.5 Å². The maximum Gasteiger partial charge on any atom is 0.353 e. The van der Waals surface area contributed by atoms with E-state index in [2.05, 4.69) is 45.9 Å². The lowest BCUT2D eigenvalue weighted by Crippen LogP contribution is -2.12. The predicted molar refractivity (Wildman–Crippen MR) is 139 cm³/mol. The number of benzene rings is 1. The first-order valence-corrected chi connectivity index (χ1v) is 13.5. The number of pyridine rings is 1. The molecule has 0 aliphatic rings. The zero-order valence-electron chi connectivity index (χ0n) is 18.9. The summed E-state index contributed by atoms with van der Waals surface area (Å²) in [4.78, 5) is 34.9. The number of nitrogens with one attached hydrogen (secondary N) is 2. The maximum absolute atomic E-state index is 13.3. The second-order valence-electron chi connectivity index (χ2n) is 7.27. The van der Waals surface area contributed by atoms with Gasteiger partial charge in [-0.15, -0.1) is 4.36 Å². The molecule has 12 nitrogen and oxygen atoms in total. The van der Waals surface area contributed by atoms with Crippen molar-refractivity contribution in [2.24, 2.45) is 4.36 Å². The Balaban J connectivity index is 1.67. The van der Waals surface area contributed by atoms with Crippen LogP contribution in [0.2, 0.25) is 5.28 Å². The number of halogens is 2. The van der Waals surface area contributed by atoms with Gasteiger partial charge in [-0.1, -0.05) is 0 Å². The SMILES string of the molecule is CS(=O)(=NC(=O)Nc1cccnc1)c1ccc([N+](=O)[O-])cc1OCCCCNc1nc(Cl)ncc1Br. The third-order valence-electron chi connectivity index (χ3n) is 4.55. The van der Waals surface area contributed by atoms with Crippen molar-refractivity contribution in [2.75, 3.05) is 30.0 Å². The summed E-state index contributed by atoms with van der Waals surface area (Å²) >= 11 is 9.13. The van der Waals surface area contributed by atoms with Crippen LogP contribution in [0, 0.1) is 10.1 Å². The van der Waals surface area contributed by atoms with Gasteiger partial charge in [0.2, 0.25) is 5.28 Å². The molecule has 0 bridgehead atoms. The smallest absolute Gasteiger partial charge is 0.353 e. The summed E-state index contributed by atoms with van der Waals surface area (Å²) in [6, 6.07) is 6.03. The minimum absolute atomic E-state index is 0.0212. The number of aromatic nitrogens is 3. The Labute approximate surface area is 220 Å². The van der Waals surface area contributed by atoms with E-state index in [1.165, 1.54) is 43.0 Å². The molecule has 3 aromatic rings. The van der Waals surface area contributed by atoms with Crippen molar-refractivity contribution in [2.45, 2.75) is 17.7 Å². The summed E-state index contributed by atoms with van der Waals surface area (Å²) in [6.45, 7) is 0.727. The van der Waals surface area contributed by atoms with Crippen LogP contribution < -0.4 is 15.4 Å². The summed E-state index contributed by atoms with van der Waals surface area (Å²) in [7, 11) is -3.29. The van der Waals surface area contributed by atoms with Gasteiger partial charge < -0.3 is 15.4 Å². The first kappa shape index (κ1) is 27.2. The number of hydrogen-bond donors (Lipinski definition) is 2. The maximum atomic E-state index is 13.3. The van der Waals surface area contributed by atoms with Crippen molar-refractivity contribution < 1.29 is 18.7 Å². The van der Waals surface area contributed by atoms with E-state index in [-0.39, 0.29) is 28.2 Å². The molecule has 2 N–H and O–H groups in total. The first-order valence-electron chi connectivity index (χ1n) is 10.4. The van der Waals surface area contributed by atoms with Crippen LogP contribution in [-0.2, 0) is 9.73 Å². The second-order valence-corrected chi connectivity index (χ2v) is 10.7. The van der Waals surface area contributed by atoms with Crippen LogP contribution in [0.25, 0.3) is 0 Å². The summed E-state index contributed by atoms with van der Waals surface area (Å²) < 4.78 is 23.5. The molecule has 15 heteroatoms. The van der Waals surface area contributed by atoms with E-state index in [1.807, 2.05) is 0 Å². The fourth-order valence-corrected chi connectivity index (χ4v) is 4.65. The molecule has 2 heterocycles. The van der Waals surface area contributed by atoms with Crippen molar-refractivity contribution in [3.63, 3.8) is 0 Å². The van der Waals surface area contributed by atoms with E-state index in [9.17, 15) is 19.1 Å². The summed E-state index contributed by atoms with van der Waals surface area (Å²) in [5.41, 5.74) is 0.141. The van der Waals surface area contributed by atoms with Crippen LogP contribution in [0.3, 0.4) is 0 Å². The predicted octanol–water partition coefficient (Wildman–Crippen LogP) is 5.16. The monoisotopic (exact) mass is 597 g/mol. The molecule has 36 heavy (non-hydrogen) atoms. The van der Waals surface area contributed by atoms with Crippen molar-refractivity contribution in [1.82, 2.24) is 15.0 Å². The Morgan fingerprint density at radius 2 is 2.11 bits per heavy atom. The quantitative estimate of drug-likeness (QED) is 0.139. The molecular formula is C21H21BrClN7O5S. The molecule has 0 saturated heterocycles. The van der Waals surface area contributed by atoms with Crippen LogP contribution in [0.1, 0.15) is 12.8 Å². The molecule has 1 aromatic carbocycles. The van der Waals surface area contributed by atoms with E-state index in [0.29, 0.717) is 35.4 Å². The highest BCUT2D eigenvalue weighted by atomic mass is 79.9. The molecule has 0 radical (unpaired) electrons. The molecule has 0 spiro atoms. The van der Waals surface area contributed by atoms with Gasteiger partial charge in [0.05, 0.1) is 48.6 Å². The number of unbranched alkanes of at least 4 members (excludes halogenated alkanes) is 1. The van der Waals surface area contributed by atoms with Gasteiger partial charge in [-0.25, -0.2) is 14.0 Å². The Bertz CT molecular complexity index is 1370. The van der Waals surface area contributed by atoms with Crippen molar-refractivity contribution >= 4 is 60.5 Å². The number of carbonyl (C=O) groups is 1. The fourth-order valence-electron chi connectivity index (χ4n) is 2.91. The van der Waals surface area contributed by atoms with E-state index in [4.69, 9.17) is 16.3 Å². The lowest BCUT2D eigenvalue weighted by atomic mass is 10.3. The topological polar surface area (TPSA) is 162 Å². The highest BCUT2D eigenvalue weighted by Crippen LogP contribution is 2.30. The molecule has 0 fully saturated rings. The van der Waals surface area contributed by atoms with Crippen molar-refractivity contribution in [3.05, 3.63) is 68.8 Å². The zero-order valence-corrected chi connectivity index (χ0v) is 22.0. The number of hydrogen-bond acceptors (Lipinski definition) is 9. The lowest BCUT2D eigenvalue weighted by molar-refractivity contribution is -0.385. The Morgan fingerprint density at radius 1 is 1.31 bits per heavy atom. The largest absolute Gasteiger partial charge is 0.492 e. The number of nitro benzene ring substituents is 1.